The second-order valence-electron chi connectivity index (χ2n) is 7.87. The topological polar surface area (TPSA) is 23.5 Å². The van der Waals surface area contributed by atoms with E-state index in [1.54, 1.807) is 0 Å². The number of aliphatic hydroxyl groups is 1. The normalized spacial score (nSPS) is 29.8. The van der Waals surface area contributed by atoms with Crippen molar-refractivity contribution in [1.82, 2.24) is 4.90 Å². The molecule has 1 aliphatic rings. The monoisotopic (exact) mass is 357 g/mol. The van der Waals surface area contributed by atoms with Gasteiger partial charge in [0.15, 0.2) is 0 Å². The third kappa shape index (κ3) is 3.36. The average molecular weight is 358 g/mol. The summed E-state index contributed by atoms with van der Waals surface area (Å²) in [5.41, 5.74) is 1.08. The van der Waals surface area contributed by atoms with Gasteiger partial charge in [-0.1, -0.05) is 67.4 Å². The predicted molar refractivity (Wildman–Crippen MR) is 105 cm³/mol. The molecular formula is C22H28ClNO. The Morgan fingerprint density at radius 2 is 1.72 bits per heavy atom. The predicted octanol–water partition coefficient (Wildman–Crippen LogP) is 4.89. The van der Waals surface area contributed by atoms with Crippen LogP contribution in [-0.4, -0.2) is 30.1 Å². The van der Waals surface area contributed by atoms with Crippen molar-refractivity contribution >= 4 is 11.6 Å². The molecule has 2 aromatic carbocycles. The van der Waals surface area contributed by atoms with E-state index in [-0.39, 0.29) is 11.5 Å². The number of hydrogen-bond donors (Lipinski definition) is 1. The lowest BCUT2D eigenvalue weighted by Crippen LogP contribution is -2.60. The Morgan fingerprint density at radius 3 is 2.32 bits per heavy atom. The first kappa shape index (κ1) is 18.4. The first-order valence-corrected chi connectivity index (χ1v) is 9.43. The Hall–Kier alpha value is -1.35. The zero-order chi connectivity index (χ0) is 18.1. The summed E-state index contributed by atoms with van der Waals surface area (Å²) in [7, 11) is 4.14. The molecule has 25 heavy (non-hydrogen) atoms. The van der Waals surface area contributed by atoms with Crippen LogP contribution in [0.1, 0.15) is 37.3 Å². The fourth-order valence-corrected chi connectivity index (χ4v) is 4.76. The number of hydrogen-bond acceptors (Lipinski definition) is 2. The lowest BCUT2D eigenvalue weighted by molar-refractivity contribution is -0.158. The molecule has 1 saturated carbocycles. The molecule has 3 atom stereocenters. The van der Waals surface area contributed by atoms with Crippen LogP contribution in [-0.2, 0) is 12.0 Å². The average Bonchev–Trinajstić information content (AvgIpc) is 2.58. The lowest BCUT2D eigenvalue weighted by atomic mass is 9.57. The Kier molecular flexibility index (Phi) is 5.24. The van der Waals surface area contributed by atoms with Gasteiger partial charge in [0.05, 0.1) is 0 Å². The molecule has 3 heteroatoms. The standard InChI is InChI=1S/C22H28ClNO/c1-21(16-17-8-5-4-6-9-17)15-7-10-20(24(2)3)22(21,25)18-11-13-19(23)14-12-18/h4-6,8-9,11-14,20,25H,7,10,15-16H2,1-3H3. The summed E-state index contributed by atoms with van der Waals surface area (Å²) in [4.78, 5) is 2.18. The highest BCUT2D eigenvalue weighted by Crippen LogP contribution is 2.53. The smallest absolute Gasteiger partial charge is 0.111 e. The van der Waals surface area contributed by atoms with Crippen LogP contribution in [0.15, 0.2) is 54.6 Å². The summed E-state index contributed by atoms with van der Waals surface area (Å²) in [5.74, 6) is 0. The number of benzene rings is 2. The molecule has 1 aliphatic carbocycles. The van der Waals surface area contributed by atoms with E-state index in [0.29, 0.717) is 5.02 Å². The van der Waals surface area contributed by atoms with Gasteiger partial charge in [-0.05, 0) is 56.6 Å². The minimum absolute atomic E-state index is 0.0798. The molecule has 1 N–H and O–H groups in total. The summed E-state index contributed by atoms with van der Waals surface area (Å²) in [6.45, 7) is 2.24. The third-order valence-corrected chi connectivity index (χ3v) is 6.21. The van der Waals surface area contributed by atoms with Gasteiger partial charge >= 0.3 is 0 Å². The maximum atomic E-state index is 12.2. The summed E-state index contributed by atoms with van der Waals surface area (Å²) < 4.78 is 0. The molecule has 0 aromatic heterocycles. The van der Waals surface area contributed by atoms with Gasteiger partial charge in [-0.3, -0.25) is 0 Å². The van der Waals surface area contributed by atoms with Crippen molar-refractivity contribution in [3.05, 3.63) is 70.7 Å². The molecule has 0 saturated heterocycles. The van der Waals surface area contributed by atoms with Crippen molar-refractivity contribution in [2.75, 3.05) is 14.1 Å². The van der Waals surface area contributed by atoms with E-state index < -0.39 is 5.60 Å². The van der Waals surface area contributed by atoms with Crippen LogP contribution in [0, 0.1) is 5.41 Å². The summed E-state index contributed by atoms with van der Waals surface area (Å²) >= 11 is 6.10. The van der Waals surface area contributed by atoms with Crippen LogP contribution in [0.2, 0.25) is 5.02 Å². The van der Waals surface area contributed by atoms with Gasteiger partial charge < -0.3 is 10.0 Å². The number of likely N-dealkylation sites (N-methyl/N-ethyl adjacent to an activating group) is 1. The van der Waals surface area contributed by atoms with E-state index in [1.807, 2.05) is 30.3 Å². The van der Waals surface area contributed by atoms with Crippen LogP contribution in [0.4, 0.5) is 0 Å². The second kappa shape index (κ2) is 7.11. The van der Waals surface area contributed by atoms with Gasteiger partial charge in [-0.15, -0.1) is 0 Å². The van der Waals surface area contributed by atoms with Crippen LogP contribution < -0.4 is 0 Å². The molecule has 0 bridgehead atoms. The van der Waals surface area contributed by atoms with Gasteiger partial charge in [0.25, 0.3) is 0 Å². The van der Waals surface area contributed by atoms with Crippen molar-refractivity contribution < 1.29 is 5.11 Å². The Labute approximate surface area is 156 Å². The van der Waals surface area contributed by atoms with Crippen molar-refractivity contribution in [3.63, 3.8) is 0 Å². The fourth-order valence-electron chi connectivity index (χ4n) is 4.63. The number of halogens is 1. The number of nitrogens with zero attached hydrogens (tertiary/aromatic N) is 1. The molecule has 0 radical (unpaired) electrons. The Bertz CT molecular complexity index is 700. The minimum atomic E-state index is -0.921. The quantitative estimate of drug-likeness (QED) is 0.842. The maximum Gasteiger partial charge on any atom is 0.111 e. The largest absolute Gasteiger partial charge is 0.383 e. The SMILES string of the molecule is CN(C)C1CCCC(C)(Cc2ccccc2)C1(O)c1ccc(Cl)cc1. The molecule has 134 valence electrons. The molecule has 3 rings (SSSR count). The van der Waals surface area contributed by atoms with Crippen molar-refractivity contribution in [3.8, 4) is 0 Å². The highest BCUT2D eigenvalue weighted by molar-refractivity contribution is 6.30. The zero-order valence-corrected chi connectivity index (χ0v) is 16.1. The molecule has 1 fully saturated rings. The highest BCUT2D eigenvalue weighted by atomic mass is 35.5. The van der Waals surface area contributed by atoms with Crippen LogP contribution >= 0.6 is 11.6 Å². The van der Waals surface area contributed by atoms with Crippen LogP contribution in [0.3, 0.4) is 0 Å². The van der Waals surface area contributed by atoms with E-state index in [9.17, 15) is 5.11 Å². The highest BCUT2D eigenvalue weighted by Gasteiger charge is 2.55. The van der Waals surface area contributed by atoms with Gasteiger partial charge in [0.2, 0.25) is 0 Å². The molecule has 0 amide bonds. The summed E-state index contributed by atoms with van der Waals surface area (Å²) in [6.07, 6.45) is 3.99. The van der Waals surface area contributed by atoms with Gasteiger partial charge in [-0.2, -0.15) is 0 Å². The van der Waals surface area contributed by atoms with Gasteiger partial charge in [0.1, 0.15) is 5.60 Å². The molecule has 2 nitrogen and oxygen atoms in total. The van der Waals surface area contributed by atoms with E-state index in [1.165, 1.54) is 5.56 Å². The molecule has 2 aromatic rings. The first-order valence-electron chi connectivity index (χ1n) is 9.05. The molecular weight excluding hydrogens is 330 g/mol. The van der Waals surface area contributed by atoms with E-state index in [2.05, 4.69) is 50.2 Å². The summed E-state index contributed by atoms with van der Waals surface area (Å²) in [5, 5.41) is 12.9. The van der Waals surface area contributed by atoms with Crippen molar-refractivity contribution in [2.24, 2.45) is 5.41 Å². The van der Waals surface area contributed by atoms with E-state index >= 15 is 0 Å². The van der Waals surface area contributed by atoms with Gasteiger partial charge in [0, 0.05) is 16.5 Å². The maximum absolute atomic E-state index is 12.2. The van der Waals surface area contributed by atoms with Gasteiger partial charge in [-0.25, -0.2) is 0 Å². The Morgan fingerprint density at radius 1 is 1.08 bits per heavy atom. The molecule has 3 unspecified atom stereocenters. The van der Waals surface area contributed by atoms with Crippen LogP contribution in [0.5, 0.6) is 0 Å². The third-order valence-electron chi connectivity index (χ3n) is 5.95. The molecule has 0 heterocycles. The van der Waals surface area contributed by atoms with E-state index in [4.69, 9.17) is 11.6 Å². The fraction of sp³-hybridized carbons (Fsp3) is 0.455. The Balaban J connectivity index is 2.08. The first-order chi connectivity index (χ1) is 11.9. The molecule has 0 aliphatic heterocycles. The number of rotatable bonds is 4. The summed E-state index contributed by atoms with van der Waals surface area (Å²) in [6, 6.07) is 18.4. The minimum Gasteiger partial charge on any atom is -0.383 e. The van der Waals surface area contributed by atoms with Crippen LogP contribution in [0.25, 0.3) is 0 Å². The lowest BCUT2D eigenvalue weighted by Gasteiger charge is -2.55. The second-order valence-corrected chi connectivity index (χ2v) is 8.30. The van der Waals surface area contributed by atoms with Crippen molar-refractivity contribution in [1.29, 1.82) is 0 Å². The van der Waals surface area contributed by atoms with Crippen molar-refractivity contribution in [2.45, 2.75) is 44.2 Å². The molecule has 0 spiro atoms. The zero-order valence-electron chi connectivity index (χ0n) is 15.4. The van der Waals surface area contributed by atoms with E-state index in [0.717, 1.165) is 31.2 Å².